The predicted octanol–water partition coefficient (Wildman–Crippen LogP) is 1.86. The SMILES string of the molecule is O=C1N(CC2CC2)CCCC12CCN(c1nc(CO)cs1)C2. The zero-order valence-corrected chi connectivity index (χ0v) is 13.6. The van der Waals surface area contributed by atoms with Crippen molar-refractivity contribution in [2.75, 3.05) is 31.1 Å². The summed E-state index contributed by atoms with van der Waals surface area (Å²) in [6.07, 6.45) is 5.69. The van der Waals surface area contributed by atoms with Crippen LogP contribution >= 0.6 is 11.3 Å². The van der Waals surface area contributed by atoms with E-state index in [0.29, 0.717) is 5.91 Å². The molecule has 2 saturated heterocycles. The smallest absolute Gasteiger partial charge is 0.230 e. The zero-order valence-electron chi connectivity index (χ0n) is 12.8. The number of carbonyl (C=O) groups is 1. The first-order valence-corrected chi connectivity index (χ1v) is 9.18. The highest BCUT2D eigenvalue weighted by Crippen LogP contribution is 2.43. The second-order valence-electron chi connectivity index (χ2n) is 7.03. The van der Waals surface area contributed by atoms with E-state index in [1.807, 2.05) is 5.38 Å². The number of piperidine rings is 1. The van der Waals surface area contributed by atoms with Gasteiger partial charge in [-0.3, -0.25) is 4.79 Å². The number of anilines is 1. The highest BCUT2D eigenvalue weighted by molar-refractivity contribution is 7.13. The van der Waals surface area contributed by atoms with Crippen LogP contribution in [0.1, 0.15) is 37.8 Å². The number of amides is 1. The van der Waals surface area contributed by atoms with Gasteiger partial charge in [0.15, 0.2) is 5.13 Å². The molecule has 0 radical (unpaired) electrons. The van der Waals surface area contributed by atoms with Gasteiger partial charge in [0.1, 0.15) is 0 Å². The second kappa shape index (κ2) is 5.49. The average Bonchev–Trinajstić information content (AvgIpc) is 3.05. The number of aromatic nitrogens is 1. The minimum Gasteiger partial charge on any atom is -0.390 e. The molecule has 1 N–H and O–H groups in total. The van der Waals surface area contributed by atoms with Crippen LogP contribution in [0, 0.1) is 11.3 Å². The standard InChI is InChI=1S/C16H23N3O2S/c20-9-13-10-22-15(17-13)19-7-5-16(11-19)4-1-6-18(14(16)21)8-12-2-3-12/h10,12,20H,1-9,11H2. The van der Waals surface area contributed by atoms with Gasteiger partial charge in [0.25, 0.3) is 0 Å². The Kier molecular flexibility index (Phi) is 3.61. The van der Waals surface area contributed by atoms with Crippen LogP contribution in [0.5, 0.6) is 0 Å². The highest BCUT2D eigenvalue weighted by atomic mass is 32.1. The Bertz CT molecular complexity index is 571. The molecular formula is C16H23N3O2S. The van der Waals surface area contributed by atoms with Gasteiger partial charge in [0.05, 0.1) is 17.7 Å². The van der Waals surface area contributed by atoms with Gasteiger partial charge >= 0.3 is 0 Å². The summed E-state index contributed by atoms with van der Waals surface area (Å²) in [6.45, 7) is 3.62. The number of carbonyl (C=O) groups excluding carboxylic acids is 1. The van der Waals surface area contributed by atoms with Gasteiger partial charge in [-0.15, -0.1) is 11.3 Å². The molecule has 1 saturated carbocycles. The quantitative estimate of drug-likeness (QED) is 0.920. The number of thiazole rings is 1. The van der Waals surface area contributed by atoms with Crippen molar-refractivity contribution in [2.45, 2.75) is 38.7 Å². The van der Waals surface area contributed by atoms with Crippen LogP contribution in [0.25, 0.3) is 0 Å². The Balaban J connectivity index is 1.48. The Hall–Kier alpha value is -1.14. The monoisotopic (exact) mass is 321 g/mol. The summed E-state index contributed by atoms with van der Waals surface area (Å²) in [5, 5.41) is 12.0. The molecule has 1 unspecified atom stereocenters. The lowest BCUT2D eigenvalue weighted by Gasteiger charge is -2.39. The van der Waals surface area contributed by atoms with Crippen LogP contribution in [0.4, 0.5) is 5.13 Å². The normalized spacial score (nSPS) is 28.9. The molecule has 0 aromatic carbocycles. The van der Waals surface area contributed by atoms with Gasteiger partial charge in [-0.25, -0.2) is 4.98 Å². The summed E-state index contributed by atoms with van der Waals surface area (Å²) in [5.74, 6) is 1.15. The van der Waals surface area contributed by atoms with Gasteiger partial charge in [-0.2, -0.15) is 0 Å². The van der Waals surface area contributed by atoms with Gasteiger partial charge in [0.2, 0.25) is 5.91 Å². The molecule has 3 aliphatic rings. The second-order valence-corrected chi connectivity index (χ2v) is 7.87. The van der Waals surface area contributed by atoms with E-state index in [2.05, 4.69) is 14.8 Å². The fraction of sp³-hybridized carbons (Fsp3) is 0.750. The van der Waals surface area contributed by atoms with E-state index in [1.165, 1.54) is 12.8 Å². The number of aliphatic hydroxyl groups is 1. The third-order valence-corrected chi connectivity index (χ3v) is 6.28. The summed E-state index contributed by atoms with van der Waals surface area (Å²) in [7, 11) is 0. The predicted molar refractivity (Wildman–Crippen MR) is 85.8 cm³/mol. The molecule has 3 fully saturated rings. The fourth-order valence-electron chi connectivity index (χ4n) is 3.87. The van der Waals surface area contributed by atoms with Crippen LogP contribution in [-0.4, -0.2) is 47.1 Å². The van der Waals surface area contributed by atoms with E-state index < -0.39 is 0 Å². The van der Waals surface area contributed by atoms with Crippen molar-refractivity contribution in [1.29, 1.82) is 0 Å². The summed E-state index contributed by atoms with van der Waals surface area (Å²) in [6, 6.07) is 0. The molecule has 1 amide bonds. The number of hydrogen-bond donors (Lipinski definition) is 1. The molecule has 5 nitrogen and oxygen atoms in total. The highest BCUT2D eigenvalue weighted by Gasteiger charge is 2.49. The van der Waals surface area contributed by atoms with E-state index in [4.69, 9.17) is 5.11 Å². The summed E-state index contributed by atoms with van der Waals surface area (Å²) < 4.78 is 0. The summed E-state index contributed by atoms with van der Waals surface area (Å²) in [5.41, 5.74) is 0.546. The van der Waals surface area contributed by atoms with Crippen molar-refractivity contribution in [2.24, 2.45) is 11.3 Å². The Morgan fingerprint density at radius 3 is 2.95 bits per heavy atom. The van der Waals surface area contributed by atoms with Crippen LogP contribution in [0.2, 0.25) is 0 Å². The van der Waals surface area contributed by atoms with Crippen molar-refractivity contribution in [3.8, 4) is 0 Å². The van der Waals surface area contributed by atoms with Gasteiger partial charge in [0, 0.05) is 31.6 Å². The van der Waals surface area contributed by atoms with Gasteiger partial charge in [-0.1, -0.05) is 0 Å². The van der Waals surface area contributed by atoms with Crippen molar-refractivity contribution >= 4 is 22.4 Å². The Labute approximate surface area is 134 Å². The van der Waals surface area contributed by atoms with Crippen LogP contribution in [0.3, 0.4) is 0 Å². The molecule has 1 aromatic heterocycles. The van der Waals surface area contributed by atoms with Gasteiger partial charge in [-0.05, 0) is 38.0 Å². The fourth-order valence-corrected chi connectivity index (χ4v) is 4.71. The Morgan fingerprint density at radius 2 is 2.23 bits per heavy atom. The first-order chi connectivity index (χ1) is 10.7. The molecule has 1 aromatic rings. The number of nitrogens with zero attached hydrogens (tertiary/aromatic N) is 3. The number of aliphatic hydroxyl groups excluding tert-OH is 1. The topological polar surface area (TPSA) is 56.7 Å². The van der Waals surface area contributed by atoms with E-state index in [-0.39, 0.29) is 12.0 Å². The molecule has 1 spiro atoms. The maximum atomic E-state index is 13.0. The lowest BCUT2D eigenvalue weighted by molar-refractivity contribution is -0.145. The maximum Gasteiger partial charge on any atom is 0.230 e. The third kappa shape index (κ3) is 2.52. The van der Waals surface area contributed by atoms with Crippen LogP contribution in [0.15, 0.2) is 5.38 Å². The Morgan fingerprint density at radius 1 is 1.36 bits per heavy atom. The number of likely N-dealkylation sites (tertiary alicyclic amines) is 1. The molecule has 4 rings (SSSR count). The largest absolute Gasteiger partial charge is 0.390 e. The van der Waals surface area contributed by atoms with Crippen molar-refractivity contribution < 1.29 is 9.90 Å². The maximum absolute atomic E-state index is 13.0. The minimum absolute atomic E-state index is 0.0103. The minimum atomic E-state index is -0.182. The molecular weight excluding hydrogens is 298 g/mol. The van der Waals surface area contributed by atoms with Crippen LogP contribution in [-0.2, 0) is 11.4 Å². The number of hydrogen-bond acceptors (Lipinski definition) is 5. The first kappa shape index (κ1) is 14.5. The molecule has 0 bridgehead atoms. The van der Waals surface area contributed by atoms with Crippen molar-refractivity contribution in [3.05, 3.63) is 11.1 Å². The molecule has 22 heavy (non-hydrogen) atoms. The molecule has 6 heteroatoms. The molecule has 3 heterocycles. The lowest BCUT2D eigenvalue weighted by Crippen LogP contribution is -2.50. The van der Waals surface area contributed by atoms with E-state index >= 15 is 0 Å². The van der Waals surface area contributed by atoms with Crippen LogP contribution < -0.4 is 4.90 Å². The molecule has 2 aliphatic heterocycles. The zero-order chi connectivity index (χ0) is 15.2. The first-order valence-electron chi connectivity index (χ1n) is 8.30. The van der Waals surface area contributed by atoms with Gasteiger partial charge < -0.3 is 14.9 Å². The third-order valence-electron chi connectivity index (χ3n) is 5.33. The average molecular weight is 321 g/mol. The molecule has 1 aliphatic carbocycles. The molecule has 120 valence electrons. The molecule has 1 atom stereocenters. The summed E-state index contributed by atoms with van der Waals surface area (Å²) in [4.78, 5) is 21.8. The lowest BCUT2D eigenvalue weighted by atomic mass is 9.78. The van der Waals surface area contributed by atoms with E-state index in [9.17, 15) is 4.79 Å². The van der Waals surface area contributed by atoms with Crippen molar-refractivity contribution in [1.82, 2.24) is 9.88 Å². The summed E-state index contributed by atoms with van der Waals surface area (Å²) >= 11 is 1.57. The van der Waals surface area contributed by atoms with E-state index in [0.717, 1.165) is 62.2 Å². The number of rotatable bonds is 4. The van der Waals surface area contributed by atoms with Crippen molar-refractivity contribution in [3.63, 3.8) is 0 Å². The van der Waals surface area contributed by atoms with E-state index in [1.54, 1.807) is 11.3 Å².